The number of rotatable bonds is 2. The Bertz CT molecular complexity index is 113. The number of hydrogen-bond donors (Lipinski definition) is 1. The molecule has 0 radical (unpaired) electrons. The quantitative estimate of drug-likeness (QED) is 0.407. The lowest BCUT2D eigenvalue weighted by atomic mass is 10.5. The van der Waals surface area contributed by atoms with E-state index in [1.54, 1.807) is 0 Å². The van der Waals surface area contributed by atoms with Crippen molar-refractivity contribution in [2.75, 3.05) is 13.7 Å². The fourth-order valence-electron chi connectivity index (χ4n) is 0.262. The van der Waals surface area contributed by atoms with Crippen LogP contribution >= 0.6 is 0 Å². The van der Waals surface area contributed by atoms with Gasteiger partial charge in [0, 0.05) is 6.08 Å². The Hall–Kier alpha value is -0.940. The molecule has 2 nitrogen and oxygen atoms in total. The molecule has 0 aliphatic carbocycles. The summed E-state index contributed by atoms with van der Waals surface area (Å²) in [6, 6.07) is 0. The zero-order valence-electron chi connectivity index (χ0n) is 4.72. The van der Waals surface area contributed by atoms with Gasteiger partial charge in [-0.1, -0.05) is 5.92 Å². The largest absolute Gasteiger partial charge is 0.498 e. The van der Waals surface area contributed by atoms with Gasteiger partial charge in [0.1, 0.15) is 12.4 Å². The molecule has 0 unspecified atom stereocenters. The van der Waals surface area contributed by atoms with E-state index >= 15 is 0 Å². The Morgan fingerprint density at radius 3 is 2.75 bits per heavy atom. The van der Waals surface area contributed by atoms with Gasteiger partial charge in [-0.05, 0) is 0 Å². The summed E-state index contributed by atoms with van der Waals surface area (Å²) >= 11 is 0. The molecule has 0 bridgehead atoms. The molecule has 0 rings (SSSR count). The minimum atomic E-state index is -0.138. The van der Waals surface area contributed by atoms with Crippen LogP contribution in [0, 0.1) is 12.3 Å². The molecule has 44 valence electrons. The van der Waals surface area contributed by atoms with Crippen molar-refractivity contribution in [3.05, 3.63) is 11.8 Å². The molecule has 0 aromatic heterocycles. The lowest BCUT2D eigenvalue weighted by Gasteiger charge is -1.96. The Morgan fingerprint density at radius 1 is 2.00 bits per heavy atom. The van der Waals surface area contributed by atoms with Gasteiger partial charge in [-0.2, -0.15) is 0 Å². The highest BCUT2D eigenvalue weighted by Crippen LogP contribution is 1.89. The maximum Gasteiger partial charge on any atom is 0.129 e. The summed E-state index contributed by atoms with van der Waals surface area (Å²) in [5.41, 5.74) is 0. The summed E-state index contributed by atoms with van der Waals surface area (Å²) in [4.78, 5) is 0. The summed E-state index contributed by atoms with van der Waals surface area (Å²) in [6.45, 7) is -0.138. The van der Waals surface area contributed by atoms with E-state index in [2.05, 4.69) is 10.7 Å². The van der Waals surface area contributed by atoms with Gasteiger partial charge in [0.05, 0.1) is 7.11 Å². The molecule has 8 heavy (non-hydrogen) atoms. The maximum absolute atomic E-state index is 8.37. The van der Waals surface area contributed by atoms with Gasteiger partial charge < -0.3 is 9.84 Å². The zero-order chi connectivity index (χ0) is 6.41. The number of hydrogen-bond acceptors (Lipinski definition) is 2. The van der Waals surface area contributed by atoms with Gasteiger partial charge in [0.2, 0.25) is 0 Å². The van der Waals surface area contributed by atoms with Crippen molar-refractivity contribution in [1.29, 1.82) is 0 Å². The summed E-state index contributed by atoms with van der Waals surface area (Å²) in [6.07, 6.45) is 6.24. The second-order valence-corrected chi connectivity index (χ2v) is 1.14. The first-order valence-corrected chi connectivity index (χ1v) is 2.15. The Balaban J connectivity index is 3.72. The predicted molar refractivity (Wildman–Crippen MR) is 31.0 cm³/mol. The van der Waals surface area contributed by atoms with Gasteiger partial charge in [-0.15, -0.1) is 6.42 Å². The predicted octanol–water partition coefficient (Wildman–Crippen LogP) is 0.142. The number of aliphatic hydroxyl groups excluding tert-OH is 1. The number of allylic oxidation sites excluding steroid dienone is 1. The average Bonchev–Trinajstić information content (AvgIpc) is 1.83. The molecule has 0 amide bonds. The topological polar surface area (TPSA) is 29.5 Å². The summed E-state index contributed by atoms with van der Waals surface area (Å²) in [5.74, 6) is 2.63. The third kappa shape index (κ3) is 2.27. The Kier molecular flexibility index (Phi) is 3.73. The second kappa shape index (κ2) is 4.23. The van der Waals surface area contributed by atoms with Crippen molar-refractivity contribution < 1.29 is 9.84 Å². The van der Waals surface area contributed by atoms with E-state index in [1.165, 1.54) is 13.2 Å². The molecule has 0 aliphatic heterocycles. The third-order valence-corrected chi connectivity index (χ3v) is 0.662. The fraction of sp³-hybridized carbons (Fsp3) is 0.333. The third-order valence-electron chi connectivity index (χ3n) is 0.662. The molecule has 2 heteroatoms. The van der Waals surface area contributed by atoms with E-state index in [1.807, 2.05) is 0 Å². The smallest absolute Gasteiger partial charge is 0.129 e. The van der Waals surface area contributed by atoms with E-state index in [4.69, 9.17) is 11.5 Å². The van der Waals surface area contributed by atoms with Gasteiger partial charge in [-0.3, -0.25) is 0 Å². The molecular formula is C6H8O2. The van der Waals surface area contributed by atoms with E-state index in [0.717, 1.165) is 0 Å². The minimum absolute atomic E-state index is 0.138. The minimum Gasteiger partial charge on any atom is -0.498 e. The van der Waals surface area contributed by atoms with Crippen molar-refractivity contribution in [3.63, 3.8) is 0 Å². The fourth-order valence-corrected chi connectivity index (χ4v) is 0.262. The Labute approximate surface area is 48.8 Å². The molecule has 0 aromatic rings. The van der Waals surface area contributed by atoms with E-state index in [9.17, 15) is 0 Å². The van der Waals surface area contributed by atoms with E-state index in [0.29, 0.717) is 5.76 Å². The number of ether oxygens (including phenoxy) is 1. The molecule has 0 saturated heterocycles. The van der Waals surface area contributed by atoms with E-state index < -0.39 is 0 Å². The molecule has 0 saturated carbocycles. The van der Waals surface area contributed by atoms with Gasteiger partial charge in [0.25, 0.3) is 0 Å². The summed E-state index contributed by atoms with van der Waals surface area (Å²) in [7, 11) is 1.46. The molecule has 0 spiro atoms. The number of aliphatic hydroxyl groups is 1. The van der Waals surface area contributed by atoms with Crippen LogP contribution in [-0.2, 0) is 4.74 Å². The standard InChI is InChI=1S/C6H8O2/c1-3-4-6(5-7)8-2/h1,4,7H,5H2,2H3/b6-4-. The SMILES string of the molecule is C#C/C=C(/CO)OC. The lowest BCUT2D eigenvalue weighted by Crippen LogP contribution is -1.90. The molecule has 0 atom stereocenters. The molecule has 0 aromatic carbocycles. The van der Waals surface area contributed by atoms with Crippen LogP contribution in [0.3, 0.4) is 0 Å². The van der Waals surface area contributed by atoms with Crippen molar-refractivity contribution in [2.45, 2.75) is 0 Å². The first-order valence-electron chi connectivity index (χ1n) is 2.15. The zero-order valence-corrected chi connectivity index (χ0v) is 4.72. The molecule has 0 heterocycles. The van der Waals surface area contributed by atoms with Crippen molar-refractivity contribution >= 4 is 0 Å². The first-order chi connectivity index (χ1) is 3.85. The van der Waals surface area contributed by atoms with E-state index in [-0.39, 0.29) is 6.61 Å². The monoisotopic (exact) mass is 112 g/mol. The highest BCUT2D eigenvalue weighted by molar-refractivity contribution is 5.13. The van der Waals surface area contributed by atoms with Crippen LogP contribution in [-0.4, -0.2) is 18.8 Å². The highest BCUT2D eigenvalue weighted by Gasteiger charge is 1.86. The normalized spacial score (nSPS) is 10.4. The van der Waals surface area contributed by atoms with Gasteiger partial charge in [0.15, 0.2) is 0 Å². The molecule has 0 fully saturated rings. The maximum atomic E-state index is 8.37. The average molecular weight is 112 g/mol. The van der Waals surface area contributed by atoms with Crippen LogP contribution < -0.4 is 0 Å². The van der Waals surface area contributed by atoms with Crippen molar-refractivity contribution in [1.82, 2.24) is 0 Å². The van der Waals surface area contributed by atoms with Crippen LogP contribution in [0.4, 0.5) is 0 Å². The van der Waals surface area contributed by atoms with Crippen molar-refractivity contribution in [3.8, 4) is 12.3 Å². The molecular weight excluding hydrogens is 104 g/mol. The molecule has 1 N–H and O–H groups in total. The summed E-state index contributed by atoms with van der Waals surface area (Å²) in [5, 5.41) is 8.37. The van der Waals surface area contributed by atoms with Crippen LogP contribution in [0.1, 0.15) is 0 Å². The highest BCUT2D eigenvalue weighted by atomic mass is 16.5. The van der Waals surface area contributed by atoms with Gasteiger partial charge >= 0.3 is 0 Å². The summed E-state index contributed by atoms with van der Waals surface area (Å²) < 4.78 is 4.61. The van der Waals surface area contributed by atoms with Crippen LogP contribution in [0.5, 0.6) is 0 Å². The van der Waals surface area contributed by atoms with Crippen LogP contribution in [0.2, 0.25) is 0 Å². The first kappa shape index (κ1) is 7.06. The van der Waals surface area contributed by atoms with Crippen LogP contribution in [0.25, 0.3) is 0 Å². The number of terminal acetylenes is 1. The Morgan fingerprint density at radius 2 is 2.62 bits per heavy atom. The lowest BCUT2D eigenvalue weighted by molar-refractivity contribution is 0.207. The molecule has 0 aliphatic rings. The van der Waals surface area contributed by atoms with Crippen molar-refractivity contribution in [2.24, 2.45) is 0 Å². The van der Waals surface area contributed by atoms with Crippen LogP contribution in [0.15, 0.2) is 11.8 Å². The second-order valence-electron chi connectivity index (χ2n) is 1.14. The van der Waals surface area contributed by atoms with Gasteiger partial charge in [-0.25, -0.2) is 0 Å². The number of methoxy groups -OCH3 is 1.